The van der Waals surface area contributed by atoms with Gasteiger partial charge in [0.1, 0.15) is 30.8 Å². The van der Waals surface area contributed by atoms with Crippen molar-refractivity contribution >= 4 is 5.69 Å². The van der Waals surface area contributed by atoms with Crippen LogP contribution in [-0.4, -0.2) is 50.5 Å². The quantitative estimate of drug-likeness (QED) is 0.805. The zero-order valence-corrected chi connectivity index (χ0v) is 14.6. The Balaban J connectivity index is 1.42. The number of hydrogen-bond acceptors (Lipinski definition) is 4. The lowest BCUT2D eigenvalue weighted by atomic mass is 10.2. The van der Waals surface area contributed by atoms with Crippen molar-refractivity contribution in [3.8, 4) is 11.8 Å². The molecule has 0 amide bonds. The van der Waals surface area contributed by atoms with Crippen molar-refractivity contribution in [3.05, 3.63) is 59.9 Å². The van der Waals surface area contributed by atoms with Crippen LogP contribution in [0.25, 0.3) is 0 Å². The van der Waals surface area contributed by atoms with Gasteiger partial charge in [-0.3, -0.25) is 0 Å². The number of piperazine rings is 1. The van der Waals surface area contributed by atoms with E-state index >= 15 is 0 Å². The van der Waals surface area contributed by atoms with Crippen LogP contribution in [0.1, 0.15) is 5.56 Å². The van der Waals surface area contributed by atoms with Crippen molar-refractivity contribution in [3.63, 3.8) is 0 Å². The number of aliphatic hydroxyl groups excluding tert-OH is 1. The number of hydrogen-bond donors (Lipinski definition) is 2. The summed E-state index contributed by atoms with van der Waals surface area (Å²) in [4.78, 5) is 3.34. The van der Waals surface area contributed by atoms with Crippen LogP contribution in [0.4, 0.5) is 10.1 Å². The number of nitrogens with zero attached hydrogens (tertiary/aromatic N) is 2. The van der Waals surface area contributed by atoms with Crippen molar-refractivity contribution in [1.82, 2.24) is 0 Å². The summed E-state index contributed by atoms with van der Waals surface area (Å²) in [6.07, 6.45) is -0.569. The summed E-state index contributed by atoms with van der Waals surface area (Å²) in [5.74, 6) is 0.453. The number of anilines is 1. The molecule has 1 heterocycles. The van der Waals surface area contributed by atoms with Gasteiger partial charge >= 0.3 is 0 Å². The van der Waals surface area contributed by atoms with Crippen molar-refractivity contribution < 1.29 is 19.1 Å². The normalized spacial score (nSPS) is 16.1. The summed E-state index contributed by atoms with van der Waals surface area (Å²) < 4.78 is 19.5. The first-order chi connectivity index (χ1) is 12.7. The van der Waals surface area contributed by atoms with Crippen LogP contribution in [0, 0.1) is 17.1 Å². The molecule has 0 saturated carbocycles. The number of aliphatic hydroxyl groups is 1. The highest BCUT2D eigenvalue weighted by atomic mass is 19.1. The summed E-state index contributed by atoms with van der Waals surface area (Å²) in [5.41, 5.74) is 1.23. The van der Waals surface area contributed by atoms with Gasteiger partial charge in [0, 0.05) is 0 Å². The van der Waals surface area contributed by atoms with E-state index in [4.69, 9.17) is 10.00 Å². The molecule has 26 heavy (non-hydrogen) atoms. The second kappa shape index (κ2) is 8.65. The minimum atomic E-state index is -0.569. The predicted molar refractivity (Wildman–Crippen MR) is 96.8 cm³/mol. The lowest BCUT2D eigenvalue weighted by molar-refractivity contribution is -0.903. The molecule has 5 nitrogen and oxygen atoms in total. The first kappa shape index (κ1) is 18.2. The Hall–Kier alpha value is -2.62. The van der Waals surface area contributed by atoms with E-state index in [-0.39, 0.29) is 12.4 Å². The van der Waals surface area contributed by atoms with Gasteiger partial charge in [0.25, 0.3) is 0 Å². The van der Waals surface area contributed by atoms with E-state index in [1.165, 1.54) is 11.0 Å². The third-order valence-electron chi connectivity index (χ3n) is 4.61. The molecular weight excluding hydrogens is 333 g/mol. The average Bonchev–Trinajstić information content (AvgIpc) is 2.68. The van der Waals surface area contributed by atoms with Gasteiger partial charge in [0.05, 0.1) is 43.5 Å². The van der Waals surface area contributed by atoms with Crippen LogP contribution in [0.15, 0.2) is 48.5 Å². The molecule has 1 saturated heterocycles. The van der Waals surface area contributed by atoms with E-state index in [0.717, 1.165) is 26.2 Å². The zero-order valence-electron chi connectivity index (χ0n) is 14.6. The lowest BCUT2D eigenvalue weighted by Gasteiger charge is -2.34. The van der Waals surface area contributed by atoms with Crippen molar-refractivity contribution in [2.45, 2.75) is 6.10 Å². The fraction of sp³-hybridized carbons (Fsp3) is 0.350. The minimum absolute atomic E-state index is 0.188. The number of ether oxygens (including phenoxy) is 1. The molecule has 2 aromatic rings. The summed E-state index contributed by atoms with van der Waals surface area (Å²) in [6.45, 7) is 4.04. The molecule has 2 aromatic carbocycles. The standard InChI is InChI=1S/C20H22FN3O2/c21-19-3-1-2-4-20(19)24-11-9-23(10-12-24)14-17(25)15-26-18-7-5-16(13-22)6-8-18/h1-8,17,25H,9-12,14-15H2/p+1/t17-/m0/s1. The van der Waals surface area contributed by atoms with Crippen LogP contribution >= 0.6 is 0 Å². The number of nitriles is 1. The van der Waals surface area contributed by atoms with Gasteiger partial charge in [0.15, 0.2) is 0 Å². The Morgan fingerprint density at radius 1 is 1.15 bits per heavy atom. The van der Waals surface area contributed by atoms with Crippen LogP contribution in [-0.2, 0) is 0 Å². The lowest BCUT2D eigenvalue weighted by Crippen LogP contribution is -3.16. The van der Waals surface area contributed by atoms with Gasteiger partial charge < -0.3 is 19.6 Å². The third-order valence-corrected chi connectivity index (χ3v) is 4.61. The van der Waals surface area contributed by atoms with Crippen molar-refractivity contribution in [1.29, 1.82) is 5.26 Å². The number of rotatable bonds is 6. The monoisotopic (exact) mass is 356 g/mol. The van der Waals surface area contributed by atoms with Crippen LogP contribution < -0.4 is 14.5 Å². The van der Waals surface area contributed by atoms with E-state index in [9.17, 15) is 9.50 Å². The van der Waals surface area contributed by atoms with Gasteiger partial charge in [-0.15, -0.1) is 0 Å². The maximum atomic E-state index is 13.9. The third kappa shape index (κ3) is 4.72. The summed E-state index contributed by atoms with van der Waals surface area (Å²) in [5, 5.41) is 19.0. The van der Waals surface area contributed by atoms with Crippen LogP contribution in [0.3, 0.4) is 0 Å². The summed E-state index contributed by atoms with van der Waals surface area (Å²) in [7, 11) is 0. The number of halogens is 1. The maximum Gasteiger partial charge on any atom is 0.146 e. The predicted octanol–water partition coefficient (Wildman–Crippen LogP) is 0.842. The van der Waals surface area contributed by atoms with Crippen LogP contribution in [0.5, 0.6) is 5.75 Å². The van der Waals surface area contributed by atoms with E-state index < -0.39 is 6.10 Å². The molecule has 0 aliphatic carbocycles. The topological polar surface area (TPSA) is 60.9 Å². The van der Waals surface area contributed by atoms with E-state index in [1.54, 1.807) is 36.4 Å². The zero-order chi connectivity index (χ0) is 18.4. The second-order valence-electron chi connectivity index (χ2n) is 6.49. The Bertz CT molecular complexity index is 752. The molecule has 6 heteroatoms. The molecule has 0 unspecified atom stereocenters. The molecule has 0 aromatic heterocycles. The smallest absolute Gasteiger partial charge is 0.146 e. The highest BCUT2D eigenvalue weighted by molar-refractivity contribution is 5.47. The second-order valence-corrected chi connectivity index (χ2v) is 6.49. The Morgan fingerprint density at radius 2 is 1.85 bits per heavy atom. The largest absolute Gasteiger partial charge is 0.491 e. The fourth-order valence-corrected chi connectivity index (χ4v) is 3.19. The van der Waals surface area contributed by atoms with Gasteiger partial charge in [-0.05, 0) is 36.4 Å². The maximum absolute atomic E-state index is 13.9. The molecule has 3 rings (SSSR count). The van der Waals surface area contributed by atoms with Gasteiger partial charge in [-0.1, -0.05) is 12.1 Å². The van der Waals surface area contributed by atoms with E-state index in [1.807, 2.05) is 6.07 Å². The van der Waals surface area contributed by atoms with Gasteiger partial charge in [0.2, 0.25) is 0 Å². The Morgan fingerprint density at radius 3 is 2.50 bits per heavy atom. The van der Waals surface area contributed by atoms with Gasteiger partial charge in [-0.2, -0.15) is 5.26 Å². The molecule has 0 spiro atoms. The fourth-order valence-electron chi connectivity index (χ4n) is 3.19. The minimum Gasteiger partial charge on any atom is -0.491 e. The molecule has 1 aliphatic rings. The molecule has 1 atom stereocenters. The first-order valence-corrected chi connectivity index (χ1v) is 8.80. The SMILES string of the molecule is N#Cc1ccc(OC[C@@H](O)C[NH+]2CCN(c3ccccc3F)CC2)cc1. The highest BCUT2D eigenvalue weighted by Crippen LogP contribution is 2.18. The van der Waals surface area contributed by atoms with E-state index in [2.05, 4.69) is 11.0 Å². The highest BCUT2D eigenvalue weighted by Gasteiger charge is 2.24. The average molecular weight is 356 g/mol. The molecule has 0 radical (unpaired) electrons. The number of benzene rings is 2. The van der Waals surface area contributed by atoms with E-state index in [0.29, 0.717) is 23.5 Å². The summed E-state index contributed by atoms with van der Waals surface area (Å²) in [6, 6.07) is 15.7. The molecule has 136 valence electrons. The molecule has 1 fully saturated rings. The number of quaternary nitrogens is 1. The number of nitrogens with one attached hydrogen (secondary N) is 1. The first-order valence-electron chi connectivity index (χ1n) is 8.80. The Labute approximate surface area is 152 Å². The molecule has 2 N–H and O–H groups in total. The van der Waals surface area contributed by atoms with Crippen LogP contribution in [0.2, 0.25) is 0 Å². The number of para-hydroxylation sites is 1. The van der Waals surface area contributed by atoms with Gasteiger partial charge in [-0.25, -0.2) is 4.39 Å². The Kier molecular flexibility index (Phi) is 6.05. The van der Waals surface area contributed by atoms with Crippen molar-refractivity contribution in [2.75, 3.05) is 44.2 Å². The molecule has 1 aliphatic heterocycles. The summed E-state index contributed by atoms with van der Waals surface area (Å²) >= 11 is 0. The molecular formula is C20H23FN3O2+. The molecule has 0 bridgehead atoms. The van der Waals surface area contributed by atoms with Crippen molar-refractivity contribution in [2.24, 2.45) is 0 Å².